The summed E-state index contributed by atoms with van der Waals surface area (Å²) in [6, 6.07) is 3.37. The molecule has 1 aromatic rings. The topological polar surface area (TPSA) is 42.2 Å². The van der Waals surface area contributed by atoms with Crippen LogP contribution in [0, 0.1) is 6.92 Å². The van der Waals surface area contributed by atoms with E-state index in [4.69, 9.17) is 4.42 Å². The van der Waals surface area contributed by atoms with Crippen molar-refractivity contribution in [3.8, 4) is 0 Å². The van der Waals surface area contributed by atoms with Gasteiger partial charge in [0.15, 0.2) is 5.76 Å². The van der Waals surface area contributed by atoms with E-state index in [0.717, 1.165) is 5.76 Å². The van der Waals surface area contributed by atoms with E-state index in [1.54, 1.807) is 25.1 Å². The summed E-state index contributed by atoms with van der Waals surface area (Å²) in [6.07, 6.45) is 1.66. The molecular formula is C10H13NO2. The van der Waals surface area contributed by atoms with Gasteiger partial charge in [-0.25, -0.2) is 0 Å². The van der Waals surface area contributed by atoms with Crippen molar-refractivity contribution in [1.29, 1.82) is 0 Å². The van der Waals surface area contributed by atoms with Crippen molar-refractivity contribution in [3.63, 3.8) is 0 Å². The molecule has 0 aliphatic carbocycles. The van der Waals surface area contributed by atoms with Crippen molar-refractivity contribution in [2.75, 3.05) is 0 Å². The van der Waals surface area contributed by atoms with Gasteiger partial charge in [-0.15, -0.1) is 6.58 Å². The molecule has 1 unspecified atom stereocenters. The van der Waals surface area contributed by atoms with Gasteiger partial charge in [-0.1, -0.05) is 6.08 Å². The third-order valence-corrected chi connectivity index (χ3v) is 1.68. The highest BCUT2D eigenvalue weighted by atomic mass is 16.3. The lowest BCUT2D eigenvalue weighted by molar-refractivity contribution is 0.0918. The molecule has 0 saturated carbocycles. The maximum atomic E-state index is 11.4. The summed E-state index contributed by atoms with van der Waals surface area (Å²) in [4.78, 5) is 11.4. The van der Waals surface area contributed by atoms with Gasteiger partial charge in [0.2, 0.25) is 0 Å². The van der Waals surface area contributed by atoms with Crippen LogP contribution in [0.1, 0.15) is 23.2 Å². The highest BCUT2D eigenvalue weighted by Gasteiger charge is 2.10. The average Bonchev–Trinajstić information content (AvgIpc) is 2.51. The monoisotopic (exact) mass is 179 g/mol. The Kier molecular flexibility index (Phi) is 2.90. The molecule has 0 spiro atoms. The fourth-order valence-corrected chi connectivity index (χ4v) is 0.893. The van der Waals surface area contributed by atoms with Crippen LogP contribution in [0.2, 0.25) is 0 Å². The molecule has 0 saturated heterocycles. The third-order valence-electron chi connectivity index (χ3n) is 1.68. The summed E-state index contributed by atoms with van der Waals surface area (Å²) in [5.41, 5.74) is 0. The van der Waals surface area contributed by atoms with E-state index in [1.165, 1.54) is 0 Å². The SMILES string of the molecule is C=CC(C)NC(=O)c1ccc(C)o1. The second kappa shape index (κ2) is 3.94. The minimum atomic E-state index is -0.208. The lowest BCUT2D eigenvalue weighted by Gasteiger charge is -2.06. The molecule has 0 aromatic carbocycles. The molecule has 3 nitrogen and oxygen atoms in total. The Balaban J connectivity index is 2.63. The van der Waals surface area contributed by atoms with Crippen molar-refractivity contribution < 1.29 is 9.21 Å². The summed E-state index contributed by atoms with van der Waals surface area (Å²) in [5.74, 6) is 0.864. The standard InChI is InChI=1S/C10H13NO2/c1-4-7(2)11-10(12)9-6-5-8(3)13-9/h4-7H,1H2,2-3H3,(H,11,12). The van der Waals surface area contributed by atoms with E-state index < -0.39 is 0 Å². The summed E-state index contributed by atoms with van der Waals surface area (Å²) in [7, 11) is 0. The number of amides is 1. The predicted octanol–water partition coefficient (Wildman–Crippen LogP) is 1.89. The molecule has 70 valence electrons. The van der Waals surface area contributed by atoms with Crippen LogP contribution in [0.15, 0.2) is 29.2 Å². The molecule has 3 heteroatoms. The van der Waals surface area contributed by atoms with Gasteiger partial charge in [-0.3, -0.25) is 4.79 Å². The van der Waals surface area contributed by atoms with Crippen molar-refractivity contribution >= 4 is 5.91 Å². The molecular weight excluding hydrogens is 166 g/mol. The largest absolute Gasteiger partial charge is 0.456 e. The second-order valence-corrected chi connectivity index (χ2v) is 2.91. The van der Waals surface area contributed by atoms with Gasteiger partial charge in [-0.05, 0) is 26.0 Å². The minimum Gasteiger partial charge on any atom is -0.456 e. The molecule has 0 fully saturated rings. The van der Waals surface area contributed by atoms with Gasteiger partial charge in [0.25, 0.3) is 5.91 Å². The maximum absolute atomic E-state index is 11.4. The molecule has 13 heavy (non-hydrogen) atoms. The van der Waals surface area contributed by atoms with E-state index >= 15 is 0 Å². The molecule has 1 aromatic heterocycles. The normalized spacial score (nSPS) is 12.2. The number of carbonyl (C=O) groups is 1. The molecule has 1 atom stereocenters. The second-order valence-electron chi connectivity index (χ2n) is 2.91. The van der Waals surface area contributed by atoms with Gasteiger partial charge in [0, 0.05) is 6.04 Å². The summed E-state index contributed by atoms with van der Waals surface area (Å²) in [6.45, 7) is 7.21. The lowest BCUT2D eigenvalue weighted by atomic mass is 10.3. The number of nitrogens with one attached hydrogen (secondary N) is 1. The smallest absolute Gasteiger partial charge is 0.287 e. The van der Waals surface area contributed by atoms with Crippen molar-refractivity contribution in [2.24, 2.45) is 0 Å². The zero-order valence-corrected chi connectivity index (χ0v) is 7.83. The van der Waals surface area contributed by atoms with E-state index in [0.29, 0.717) is 5.76 Å². The highest BCUT2D eigenvalue weighted by molar-refractivity contribution is 5.91. The lowest BCUT2D eigenvalue weighted by Crippen LogP contribution is -2.30. The average molecular weight is 179 g/mol. The molecule has 0 aliphatic rings. The molecule has 1 rings (SSSR count). The van der Waals surface area contributed by atoms with Crippen LogP contribution in [-0.2, 0) is 0 Å². The van der Waals surface area contributed by atoms with Gasteiger partial charge in [-0.2, -0.15) is 0 Å². The van der Waals surface area contributed by atoms with E-state index in [2.05, 4.69) is 11.9 Å². The number of hydrogen-bond acceptors (Lipinski definition) is 2. The van der Waals surface area contributed by atoms with Crippen LogP contribution in [0.5, 0.6) is 0 Å². The predicted molar refractivity (Wildman–Crippen MR) is 50.6 cm³/mol. The van der Waals surface area contributed by atoms with Crippen LogP contribution in [0.4, 0.5) is 0 Å². The summed E-state index contributed by atoms with van der Waals surface area (Å²) >= 11 is 0. The Bertz CT molecular complexity index is 314. The molecule has 1 heterocycles. The molecule has 1 N–H and O–H groups in total. The molecule has 0 aliphatic heterocycles. The van der Waals surface area contributed by atoms with Gasteiger partial charge >= 0.3 is 0 Å². The van der Waals surface area contributed by atoms with Crippen LogP contribution in [0.25, 0.3) is 0 Å². The number of rotatable bonds is 3. The zero-order valence-electron chi connectivity index (χ0n) is 7.83. The van der Waals surface area contributed by atoms with Crippen LogP contribution in [-0.4, -0.2) is 11.9 Å². The van der Waals surface area contributed by atoms with Gasteiger partial charge in [0.05, 0.1) is 0 Å². The Morgan fingerprint density at radius 1 is 1.69 bits per heavy atom. The van der Waals surface area contributed by atoms with Gasteiger partial charge in [0.1, 0.15) is 5.76 Å². The van der Waals surface area contributed by atoms with E-state index in [1.807, 2.05) is 6.92 Å². The Morgan fingerprint density at radius 2 is 2.38 bits per heavy atom. The first-order valence-corrected chi connectivity index (χ1v) is 4.13. The first-order chi connectivity index (χ1) is 6.13. The number of aryl methyl sites for hydroxylation is 1. The van der Waals surface area contributed by atoms with Crippen LogP contribution < -0.4 is 5.32 Å². The highest BCUT2D eigenvalue weighted by Crippen LogP contribution is 2.05. The van der Waals surface area contributed by atoms with E-state index in [9.17, 15) is 4.79 Å². The fraction of sp³-hybridized carbons (Fsp3) is 0.300. The molecule has 0 bridgehead atoms. The minimum absolute atomic E-state index is 0.0436. The van der Waals surface area contributed by atoms with E-state index in [-0.39, 0.29) is 11.9 Å². The summed E-state index contributed by atoms with van der Waals surface area (Å²) in [5, 5.41) is 2.71. The summed E-state index contributed by atoms with van der Waals surface area (Å²) < 4.78 is 5.14. The van der Waals surface area contributed by atoms with Crippen molar-refractivity contribution in [2.45, 2.75) is 19.9 Å². The fourth-order valence-electron chi connectivity index (χ4n) is 0.893. The Hall–Kier alpha value is -1.51. The number of carbonyl (C=O) groups excluding carboxylic acids is 1. The number of hydrogen-bond donors (Lipinski definition) is 1. The maximum Gasteiger partial charge on any atom is 0.287 e. The van der Waals surface area contributed by atoms with Gasteiger partial charge < -0.3 is 9.73 Å². The Morgan fingerprint density at radius 3 is 2.85 bits per heavy atom. The molecule has 1 amide bonds. The first-order valence-electron chi connectivity index (χ1n) is 4.13. The van der Waals surface area contributed by atoms with Crippen LogP contribution in [0.3, 0.4) is 0 Å². The van der Waals surface area contributed by atoms with Crippen molar-refractivity contribution in [3.05, 3.63) is 36.3 Å². The van der Waals surface area contributed by atoms with Crippen molar-refractivity contribution in [1.82, 2.24) is 5.32 Å². The first kappa shape index (κ1) is 9.58. The Labute approximate surface area is 77.4 Å². The zero-order chi connectivity index (χ0) is 9.84. The number of furan rings is 1. The quantitative estimate of drug-likeness (QED) is 0.720. The third kappa shape index (κ3) is 2.47. The molecule has 0 radical (unpaired) electrons. The van der Waals surface area contributed by atoms with Crippen LogP contribution >= 0.6 is 0 Å².